The Bertz CT molecular complexity index is 1630. The predicted octanol–water partition coefficient (Wildman–Crippen LogP) is 4.66. The minimum Gasteiger partial charge on any atom is -0.494 e. The molecular formula is C44H69BrN2O16S. The summed E-state index contributed by atoms with van der Waals surface area (Å²) in [5.41, 5.74) is 0.214. The highest BCUT2D eigenvalue weighted by molar-refractivity contribution is 9.09. The van der Waals surface area contributed by atoms with Crippen molar-refractivity contribution in [1.29, 1.82) is 0 Å². The summed E-state index contributed by atoms with van der Waals surface area (Å²) in [6.07, 6.45) is 9.59. The SMILES string of the molecule is O=C(CCCOCCOCC(=O)CCCOCCOCC(=O)N[C@@H](CCCCNC(=O)CBr)C(=O)O)CCCS(=O)(=O)CC(=O)CCCCCCCCCOc1ccc(C(=O)O)cc1. The number of carboxylic acids is 2. The number of sulfone groups is 1. The van der Waals surface area contributed by atoms with E-state index in [4.69, 9.17) is 28.8 Å². The van der Waals surface area contributed by atoms with Gasteiger partial charge < -0.3 is 44.5 Å². The number of hydrogen-bond donors (Lipinski definition) is 4. The molecule has 0 aromatic heterocycles. The van der Waals surface area contributed by atoms with E-state index in [2.05, 4.69) is 26.6 Å². The first kappa shape index (κ1) is 58.2. The lowest BCUT2D eigenvalue weighted by Gasteiger charge is -2.14. The van der Waals surface area contributed by atoms with Crippen molar-refractivity contribution in [1.82, 2.24) is 10.6 Å². The number of unbranched alkanes of at least 4 members (excludes halogenated alkanes) is 7. The van der Waals surface area contributed by atoms with E-state index in [0.29, 0.717) is 64.2 Å². The number of Topliss-reactive ketones (excluding diaryl/α,β-unsaturated/α-hetero) is 3. The molecule has 1 aromatic carbocycles. The minimum atomic E-state index is -3.58. The molecule has 0 bridgehead atoms. The highest BCUT2D eigenvalue weighted by Crippen LogP contribution is 2.14. The van der Waals surface area contributed by atoms with Crippen molar-refractivity contribution in [3.63, 3.8) is 0 Å². The van der Waals surface area contributed by atoms with Crippen molar-refractivity contribution < 1.29 is 75.9 Å². The number of carbonyl (C=O) groups excluding carboxylic acids is 5. The maximum atomic E-state index is 12.4. The summed E-state index contributed by atoms with van der Waals surface area (Å²) in [6.45, 7) is 1.94. The van der Waals surface area contributed by atoms with Gasteiger partial charge in [-0.2, -0.15) is 0 Å². The van der Waals surface area contributed by atoms with Crippen LogP contribution in [0.5, 0.6) is 5.75 Å². The van der Waals surface area contributed by atoms with Gasteiger partial charge >= 0.3 is 11.9 Å². The Balaban J connectivity index is 1.93. The Morgan fingerprint density at radius 3 is 1.77 bits per heavy atom. The third-order valence-electron chi connectivity index (χ3n) is 9.49. The standard InChI is InChI=1S/C44H69BrN2O16S/c45-31-41(51)46-22-8-7-17-40(44(55)56)47-42(52)33-62-29-27-60-24-11-15-37(49)32-61-28-26-59-23-10-14-36(48)16-12-30-64(57,58)34-38(50)13-6-4-2-1-3-5-9-25-63-39-20-18-35(19-21-39)43(53)54/h18-21,40H,1-17,22-34H2,(H,46,51)(H,47,52)(H,53,54)(H,55,56)/t40-/m0/s1. The first-order valence-corrected chi connectivity index (χ1v) is 25.0. The Morgan fingerprint density at radius 1 is 0.578 bits per heavy atom. The Labute approximate surface area is 385 Å². The number of alkyl halides is 1. The summed E-state index contributed by atoms with van der Waals surface area (Å²) >= 11 is 3.04. The topological polar surface area (TPSA) is 264 Å². The first-order valence-electron chi connectivity index (χ1n) is 22.1. The van der Waals surface area contributed by atoms with Gasteiger partial charge in [0.15, 0.2) is 15.6 Å². The molecule has 0 radical (unpaired) electrons. The van der Waals surface area contributed by atoms with Crippen molar-refractivity contribution in [2.24, 2.45) is 0 Å². The van der Waals surface area contributed by atoms with Crippen LogP contribution in [0.25, 0.3) is 0 Å². The van der Waals surface area contributed by atoms with E-state index in [9.17, 15) is 47.1 Å². The molecule has 1 aromatic rings. The number of amides is 2. The summed E-state index contributed by atoms with van der Waals surface area (Å²) in [4.78, 5) is 82.1. The normalized spacial score (nSPS) is 11.8. The van der Waals surface area contributed by atoms with Crippen LogP contribution in [0.1, 0.15) is 120 Å². The van der Waals surface area contributed by atoms with E-state index >= 15 is 0 Å². The van der Waals surface area contributed by atoms with E-state index < -0.39 is 39.5 Å². The number of hydrogen-bond acceptors (Lipinski definition) is 14. The average molecular weight is 994 g/mol. The summed E-state index contributed by atoms with van der Waals surface area (Å²) in [6, 6.07) is 5.24. The number of nitrogens with one attached hydrogen (secondary N) is 2. The molecule has 2 amide bonds. The van der Waals surface area contributed by atoms with E-state index in [1.54, 1.807) is 12.1 Å². The Kier molecular flexibility index (Phi) is 34.0. The molecular weight excluding hydrogens is 924 g/mol. The molecule has 0 saturated heterocycles. The van der Waals surface area contributed by atoms with Gasteiger partial charge in [-0.3, -0.25) is 24.0 Å². The molecule has 0 heterocycles. The first-order chi connectivity index (χ1) is 30.7. The van der Waals surface area contributed by atoms with Gasteiger partial charge in [-0.05, 0) is 75.6 Å². The summed E-state index contributed by atoms with van der Waals surface area (Å²) < 4.78 is 51.8. The molecule has 1 rings (SSSR count). The second kappa shape index (κ2) is 37.4. The number of rotatable bonds is 44. The quantitative estimate of drug-likeness (QED) is 0.0512. The van der Waals surface area contributed by atoms with Gasteiger partial charge in [0, 0.05) is 45.4 Å². The largest absolute Gasteiger partial charge is 0.494 e. The van der Waals surface area contributed by atoms with Crippen LogP contribution in [0.3, 0.4) is 0 Å². The smallest absolute Gasteiger partial charge is 0.335 e. The minimum absolute atomic E-state index is 0.0728. The Morgan fingerprint density at radius 2 is 1.14 bits per heavy atom. The molecule has 364 valence electrons. The third kappa shape index (κ3) is 33.7. The zero-order chi connectivity index (χ0) is 47.3. The van der Waals surface area contributed by atoms with Crippen molar-refractivity contribution in [3.05, 3.63) is 29.8 Å². The number of halogens is 1. The second-order valence-electron chi connectivity index (χ2n) is 15.2. The van der Waals surface area contributed by atoms with Crippen molar-refractivity contribution >= 4 is 66.9 Å². The number of benzene rings is 1. The van der Waals surface area contributed by atoms with Crippen LogP contribution in [0.2, 0.25) is 0 Å². The second-order valence-corrected chi connectivity index (χ2v) is 17.9. The summed E-state index contributed by atoms with van der Waals surface area (Å²) in [5.74, 6) is -3.39. The fraction of sp³-hybridized carbons (Fsp3) is 0.705. The van der Waals surface area contributed by atoms with Crippen LogP contribution in [-0.4, -0.2) is 149 Å². The van der Waals surface area contributed by atoms with Crippen LogP contribution < -0.4 is 15.4 Å². The van der Waals surface area contributed by atoms with Gasteiger partial charge in [0.05, 0.1) is 49.7 Å². The van der Waals surface area contributed by atoms with Crippen LogP contribution in [0.4, 0.5) is 0 Å². The molecule has 4 N–H and O–H groups in total. The molecule has 0 aliphatic carbocycles. The predicted molar refractivity (Wildman–Crippen MR) is 241 cm³/mol. The van der Waals surface area contributed by atoms with Gasteiger partial charge in [-0.25, -0.2) is 18.0 Å². The zero-order valence-corrected chi connectivity index (χ0v) is 39.4. The number of carbonyl (C=O) groups is 7. The highest BCUT2D eigenvalue weighted by atomic mass is 79.9. The lowest BCUT2D eigenvalue weighted by Crippen LogP contribution is -2.42. The molecule has 1 atom stereocenters. The number of carboxylic acid groups (broad SMARTS) is 2. The van der Waals surface area contributed by atoms with Crippen LogP contribution in [0.15, 0.2) is 24.3 Å². The monoisotopic (exact) mass is 992 g/mol. The van der Waals surface area contributed by atoms with E-state index in [1.165, 1.54) is 12.1 Å². The third-order valence-corrected chi connectivity index (χ3v) is 11.7. The maximum Gasteiger partial charge on any atom is 0.335 e. The molecule has 18 nitrogen and oxygen atoms in total. The van der Waals surface area contributed by atoms with Gasteiger partial charge in [-0.1, -0.05) is 48.0 Å². The van der Waals surface area contributed by atoms with Crippen molar-refractivity contribution in [3.8, 4) is 5.75 Å². The van der Waals surface area contributed by atoms with Gasteiger partial charge in [0.25, 0.3) is 0 Å². The van der Waals surface area contributed by atoms with E-state index in [0.717, 1.165) is 38.5 Å². The fourth-order valence-electron chi connectivity index (χ4n) is 6.04. The highest BCUT2D eigenvalue weighted by Gasteiger charge is 2.20. The van der Waals surface area contributed by atoms with Gasteiger partial charge in [-0.15, -0.1) is 0 Å². The van der Waals surface area contributed by atoms with Crippen molar-refractivity contribution in [2.75, 3.05) is 82.8 Å². The van der Waals surface area contributed by atoms with E-state index in [-0.39, 0.29) is 118 Å². The lowest BCUT2D eigenvalue weighted by molar-refractivity contribution is -0.142. The van der Waals surface area contributed by atoms with Gasteiger partial charge in [0.2, 0.25) is 11.8 Å². The maximum absolute atomic E-state index is 12.4. The molecule has 64 heavy (non-hydrogen) atoms. The average Bonchev–Trinajstić information content (AvgIpc) is 3.25. The molecule has 0 unspecified atom stereocenters. The molecule has 0 aliphatic rings. The fourth-order valence-corrected chi connectivity index (χ4v) is 7.60. The number of ketones is 3. The van der Waals surface area contributed by atoms with Gasteiger partial charge in [0.1, 0.15) is 42.3 Å². The number of aliphatic carboxylic acids is 1. The van der Waals surface area contributed by atoms with Crippen LogP contribution >= 0.6 is 15.9 Å². The van der Waals surface area contributed by atoms with E-state index in [1.807, 2.05) is 0 Å². The number of aromatic carboxylic acids is 1. The molecule has 0 spiro atoms. The van der Waals surface area contributed by atoms with Crippen molar-refractivity contribution in [2.45, 2.75) is 115 Å². The lowest BCUT2D eigenvalue weighted by atomic mass is 10.1. The Hall–Kier alpha value is -3.82. The zero-order valence-electron chi connectivity index (χ0n) is 37.0. The van der Waals surface area contributed by atoms with Crippen LogP contribution in [0, 0.1) is 0 Å². The molecule has 20 heteroatoms. The molecule has 0 fully saturated rings. The molecule has 0 saturated carbocycles. The number of ether oxygens (including phenoxy) is 5. The molecule has 0 aliphatic heterocycles. The summed E-state index contributed by atoms with van der Waals surface area (Å²) in [7, 11) is -3.58. The summed E-state index contributed by atoms with van der Waals surface area (Å²) in [5, 5.41) is 23.5. The van der Waals surface area contributed by atoms with Crippen LogP contribution in [-0.2, 0) is 57.6 Å².